The molecule has 0 amide bonds. The summed E-state index contributed by atoms with van der Waals surface area (Å²) in [6, 6.07) is 8.02. The molecule has 0 unspecified atom stereocenters. The number of aliphatic carboxylic acids is 2. The van der Waals surface area contributed by atoms with Crippen LogP contribution in [0.4, 0.5) is 0 Å². The Kier molecular flexibility index (Phi) is 18.7. The first-order chi connectivity index (χ1) is 11.6. The van der Waals surface area contributed by atoms with Crippen LogP contribution in [0.5, 0.6) is 0 Å². The van der Waals surface area contributed by atoms with Crippen LogP contribution in [0.1, 0.15) is 25.0 Å². The van der Waals surface area contributed by atoms with Gasteiger partial charge in [0.15, 0.2) is 0 Å². The lowest BCUT2D eigenvalue weighted by molar-refractivity contribution is -0.133. The zero-order chi connectivity index (χ0) is 20.4. The van der Waals surface area contributed by atoms with Gasteiger partial charge in [-0.25, -0.2) is 9.59 Å². The quantitative estimate of drug-likeness (QED) is 0.490. The molecule has 0 spiro atoms. The van der Waals surface area contributed by atoms with Crippen LogP contribution in [0.3, 0.4) is 0 Å². The predicted octanol–water partition coefficient (Wildman–Crippen LogP) is 3.20. The Hall–Kier alpha value is -2.96. The van der Waals surface area contributed by atoms with E-state index in [0.29, 0.717) is 0 Å². The molecule has 0 bridgehead atoms. The predicted molar refractivity (Wildman–Crippen MR) is 101 cm³/mol. The van der Waals surface area contributed by atoms with Gasteiger partial charge in [0, 0.05) is 11.1 Å². The first kappa shape index (κ1) is 26.9. The van der Waals surface area contributed by atoms with Crippen LogP contribution in [-0.4, -0.2) is 39.2 Å². The fraction of sp³-hybridized carbons (Fsp3) is 0.158. The van der Waals surface area contributed by atoms with Crippen molar-refractivity contribution in [3.05, 3.63) is 72.9 Å². The minimum absolute atomic E-state index is 0.176. The van der Waals surface area contributed by atoms with E-state index in [1.54, 1.807) is 0 Å². The molecule has 1 rings (SSSR count). The van der Waals surface area contributed by atoms with Crippen molar-refractivity contribution < 1.29 is 30.0 Å². The summed E-state index contributed by atoms with van der Waals surface area (Å²) in [5, 5.41) is 30.0. The van der Waals surface area contributed by atoms with Crippen molar-refractivity contribution in [1.29, 1.82) is 0 Å². The molecule has 0 atom stereocenters. The normalized spacial score (nSPS) is 7.84. The lowest BCUT2D eigenvalue weighted by atomic mass is 10.1. The van der Waals surface area contributed by atoms with Gasteiger partial charge in [-0.05, 0) is 25.0 Å². The van der Waals surface area contributed by atoms with E-state index in [1.807, 2.05) is 36.4 Å². The van der Waals surface area contributed by atoms with Gasteiger partial charge in [0.05, 0.1) is 0 Å². The molecule has 6 heteroatoms. The highest BCUT2D eigenvalue weighted by molar-refractivity contribution is 5.85. The van der Waals surface area contributed by atoms with Gasteiger partial charge < -0.3 is 20.4 Å². The Morgan fingerprint density at radius 1 is 0.880 bits per heavy atom. The third-order valence-electron chi connectivity index (χ3n) is 2.17. The Bertz CT molecular complexity index is 512. The number of carboxylic acids is 2. The van der Waals surface area contributed by atoms with Crippen molar-refractivity contribution in [3.63, 3.8) is 0 Å². The molecule has 138 valence electrons. The van der Waals surface area contributed by atoms with Crippen LogP contribution in [0.15, 0.2) is 61.7 Å². The molecule has 0 heterocycles. The van der Waals surface area contributed by atoms with Gasteiger partial charge in [-0.1, -0.05) is 62.7 Å². The summed E-state index contributed by atoms with van der Waals surface area (Å²) in [6.07, 6.45) is 3.66. The maximum atomic E-state index is 9.60. The minimum atomic E-state index is -0.935. The zero-order valence-corrected chi connectivity index (χ0v) is 14.6. The van der Waals surface area contributed by atoms with Gasteiger partial charge in [0.2, 0.25) is 0 Å². The second-order valence-corrected chi connectivity index (χ2v) is 4.35. The van der Waals surface area contributed by atoms with Crippen molar-refractivity contribution in [2.45, 2.75) is 13.8 Å². The molecule has 0 fully saturated rings. The van der Waals surface area contributed by atoms with Gasteiger partial charge in [0.1, 0.15) is 6.79 Å². The number of carboxylic acid groups (broad SMARTS) is 2. The van der Waals surface area contributed by atoms with E-state index in [-0.39, 0.29) is 11.1 Å². The Labute approximate surface area is 148 Å². The first-order valence-corrected chi connectivity index (χ1v) is 6.92. The highest BCUT2D eigenvalue weighted by Gasteiger charge is 1.91. The second-order valence-electron chi connectivity index (χ2n) is 4.35. The van der Waals surface area contributed by atoms with Crippen molar-refractivity contribution in [3.8, 4) is 0 Å². The number of hydrogen-bond donors (Lipinski definition) is 4. The van der Waals surface area contributed by atoms with E-state index in [1.165, 1.54) is 13.8 Å². The molecule has 0 saturated heterocycles. The molecular formula is C19H26O6. The molecule has 0 aliphatic carbocycles. The minimum Gasteiger partial charge on any atom is -0.478 e. The molecule has 1 aromatic carbocycles. The molecule has 0 aliphatic heterocycles. The first-order valence-electron chi connectivity index (χ1n) is 6.92. The standard InChI is InChI=1S/C10H10.2C4H6O2.CH4O2/c1-3-9-7-5-6-8-10(9)4-2;2*1-3(2)4(5)6;2-1-3/h3-8H,1-2H2;2*1H2,2H3,(H,5,6);2-3H,1H2. The topological polar surface area (TPSA) is 115 Å². The number of hydrogen-bond acceptors (Lipinski definition) is 4. The van der Waals surface area contributed by atoms with E-state index < -0.39 is 18.7 Å². The number of aliphatic hydroxyl groups excluding tert-OH is 1. The fourth-order valence-corrected chi connectivity index (χ4v) is 0.883. The van der Waals surface area contributed by atoms with Gasteiger partial charge in [-0.15, -0.1) is 0 Å². The number of aliphatic hydroxyl groups is 2. The zero-order valence-electron chi connectivity index (χ0n) is 14.6. The van der Waals surface area contributed by atoms with Crippen molar-refractivity contribution >= 4 is 24.1 Å². The Morgan fingerprint density at radius 2 is 1.08 bits per heavy atom. The average molecular weight is 350 g/mol. The number of rotatable bonds is 4. The summed E-state index contributed by atoms with van der Waals surface area (Å²) < 4.78 is 0. The van der Waals surface area contributed by atoms with Gasteiger partial charge in [-0.3, -0.25) is 0 Å². The molecule has 0 radical (unpaired) electrons. The van der Waals surface area contributed by atoms with E-state index >= 15 is 0 Å². The van der Waals surface area contributed by atoms with Crippen molar-refractivity contribution in [2.75, 3.05) is 6.79 Å². The molecule has 6 nitrogen and oxygen atoms in total. The highest BCUT2D eigenvalue weighted by atomic mass is 16.5. The van der Waals surface area contributed by atoms with E-state index in [9.17, 15) is 9.59 Å². The molecular weight excluding hydrogens is 324 g/mol. The summed E-state index contributed by atoms with van der Waals surface area (Å²) >= 11 is 0. The van der Waals surface area contributed by atoms with Gasteiger partial charge in [0.25, 0.3) is 0 Å². The third kappa shape index (κ3) is 19.0. The lowest BCUT2D eigenvalue weighted by Gasteiger charge is -1.96. The van der Waals surface area contributed by atoms with E-state index in [2.05, 4.69) is 26.3 Å². The van der Waals surface area contributed by atoms with E-state index in [4.69, 9.17) is 20.4 Å². The van der Waals surface area contributed by atoms with Crippen LogP contribution in [0, 0.1) is 0 Å². The van der Waals surface area contributed by atoms with Crippen LogP contribution in [-0.2, 0) is 9.59 Å². The van der Waals surface area contributed by atoms with Gasteiger partial charge >= 0.3 is 11.9 Å². The molecule has 0 saturated carbocycles. The maximum Gasteiger partial charge on any atom is 0.330 e. The van der Waals surface area contributed by atoms with Crippen molar-refractivity contribution in [1.82, 2.24) is 0 Å². The van der Waals surface area contributed by atoms with Crippen LogP contribution >= 0.6 is 0 Å². The summed E-state index contributed by atoms with van der Waals surface area (Å²) in [7, 11) is 0. The monoisotopic (exact) mass is 350 g/mol. The SMILES string of the molecule is C=C(C)C(=O)O.C=C(C)C(=O)O.C=Cc1ccccc1C=C.OCO. The van der Waals surface area contributed by atoms with Gasteiger partial charge in [-0.2, -0.15) is 0 Å². The molecule has 4 N–H and O–H groups in total. The van der Waals surface area contributed by atoms with Crippen LogP contribution in [0.25, 0.3) is 12.2 Å². The third-order valence-corrected chi connectivity index (χ3v) is 2.17. The molecule has 25 heavy (non-hydrogen) atoms. The van der Waals surface area contributed by atoms with Crippen LogP contribution in [0.2, 0.25) is 0 Å². The smallest absolute Gasteiger partial charge is 0.330 e. The summed E-state index contributed by atoms with van der Waals surface area (Å²) in [6.45, 7) is 15.8. The maximum absolute atomic E-state index is 9.60. The summed E-state index contributed by atoms with van der Waals surface area (Å²) in [5.74, 6) is -1.87. The fourth-order valence-electron chi connectivity index (χ4n) is 0.883. The van der Waals surface area contributed by atoms with Crippen molar-refractivity contribution in [2.24, 2.45) is 0 Å². The summed E-state index contributed by atoms with van der Waals surface area (Å²) in [4.78, 5) is 19.2. The Morgan fingerprint density at radius 3 is 1.20 bits per heavy atom. The molecule has 0 aromatic heterocycles. The lowest BCUT2D eigenvalue weighted by Crippen LogP contribution is -1.92. The molecule has 1 aromatic rings. The highest BCUT2D eigenvalue weighted by Crippen LogP contribution is 2.10. The second kappa shape index (κ2) is 17.4. The average Bonchev–Trinajstić information content (AvgIpc) is 2.56. The molecule has 0 aliphatic rings. The number of benzene rings is 1. The number of carbonyl (C=O) groups is 2. The summed E-state index contributed by atoms with van der Waals surface area (Å²) in [5.41, 5.74) is 2.63. The van der Waals surface area contributed by atoms with E-state index in [0.717, 1.165) is 11.1 Å². The Balaban J connectivity index is -0.000000282. The van der Waals surface area contributed by atoms with Crippen LogP contribution < -0.4 is 0 Å². The largest absolute Gasteiger partial charge is 0.478 e.